The molecule has 0 saturated carbocycles. The van der Waals surface area contributed by atoms with Crippen LogP contribution in [-0.4, -0.2) is 27.1 Å². The zero-order valence-corrected chi connectivity index (χ0v) is 15.0. The minimum absolute atomic E-state index is 0.144. The first kappa shape index (κ1) is 18.5. The van der Waals surface area contributed by atoms with E-state index in [9.17, 15) is 14.0 Å². The van der Waals surface area contributed by atoms with Crippen LogP contribution in [0.3, 0.4) is 0 Å². The SMILES string of the molecule is CCN(Cc1ccccc1)C(=O)Cn1nc(-c2ccc(F)cc2)ccc1=O. The van der Waals surface area contributed by atoms with Gasteiger partial charge in [0.15, 0.2) is 0 Å². The number of nitrogens with zero attached hydrogens (tertiary/aromatic N) is 3. The topological polar surface area (TPSA) is 55.2 Å². The second kappa shape index (κ2) is 8.40. The summed E-state index contributed by atoms with van der Waals surface area (Å²) < 4.78 is 14.2. The van der Waals surface area contributed by atoms with E-state index in [0.29, 0.717) is 24.3 Å². The van der Waals surface area contributed by atoms with Gasteiger partial charge in [-0.1, -0.05) is 30.3 Å². The zero-order valence-electron chi connectivity index (χ0n) is 15.0. The molecule has 0 fully saturated rings. The van der Waals surface area contributed by atoms with Crippen LogP contribution in [0.25, 0.3) is 11.3 Å². The van der Waals surface area contributed by atoms with E-state index in [-0.39, 0.29) is 23.8 Å². The van der Waals surface area contributed by atoms with Crippen molar-refractivity contribution >= 4 is 5.91 Å². The first-order valence-corrected chi connectivity index (χ1v) is 8.72. The molecule has 1 amide bonds. The van der Waals surface area contributed by atoms with Crippen LogP contribution in [0.4, 0.5) is 4.39 Å². The summed E-state index contributed by atoms with van der Waals surface area (Å²) in [5.74, 6) is -0.533. The minimum atomic E-state index is -0.357. The van der Waals surface area contributed by atoms with E-state index in [1.54, 1.807) is 23.1 Å². The largest absolute Gasteiger partial charge is 0.337 e. The fourth-order valence-electron chi connectivity index (χ4n) is 2.75. The smallest absolute Gasteiger partial charge is 0.267 e. The number of carbonyl (C=O) groups is 1. The molecule has 0 bridgehead atoms. The highest BCUT2D eigenvalue weighted by molar-refractivity contribution is 5.76. The molecule has 1 aromatic heterocycles. The summed E-state index contributed by atoms with van der Waals surface area (Å²) in [4.78, 5) is 26.5. The van der Waals surface area contributed by atoms with Gasteiger partial charge in [-0.25, -0.2) is 9.07 Å². The van der Waals surface area contributed by atoms with Crippen LogP contribution in [0.1, 0.15) is 12.5 Å². The monoisotopic (exact) mass is 365 g/mol. The van der Waals surface area contributed by atoms with E-state index in [1.165, 1.54) is 18.2 Å². The van der Waals surface area contributed by atoms with Crippen molar-refractivity contribution in [2.24, 2.45) is 0 Å². The van der Waals surface area contributed by atoms with Crippen molar-refractivity contribution in [3.05, 3.63) is 88.5 Å². The maximum Gasteiger partial charge on any atom is 0.267 e. The van der Waals surface area contributed by atoms with Gasteiger partial charge in [0.1, 0.15) is 12.4 Å². The standard InChI is InChI=1S/C21H20FN3O2/c1-2-24(14-16-6-4-3-5-7-16)21(27)15-25-20(26)13-12-19(23-25)17-8-10-18(22)11-9-17/h3-13H,2,14-15H2,1H3. The van der Waals surface area contributed by atoms with E-state index in [2.05, 4.69) is 5.10 Å². The molecule has 0 radical (unpaired) electrons. The first-order valence-electron chi connectivity index (χ1n) is 8.72. The molecule has 5 nitrogen and oxygen atoms in total. The van der Waals surface area contributed by atoms with Crippen LogP contribution in [-0.2, 0) is 17.9 Å². The van der Waals surface area contributed by atoms with Crippen molar-refractivity contribution in [2.45, 2.75) is 20.0 Å². The molecule has 0 aliphatic heterocycles. The first-order chi connectivity index (χ1) is 13.1. The van der Waals surface area contributed by atoms with Crippen molar-refractivity contribution in [1.82, 2.24) is 14.7 Å². The second-order valence-electron chi connectivity index (χ2n) is 6.11. The average Bonchev–Trinajstić information content (AvgIpc) is 2.69. The van der Waals surface area contributed by atoms with Gasteiger partial charge in [-0.3, -0.25) is 9.59 Å². The Kier molecular flexibility index (Phi) is 5.76. The summed E-state index contributed by atoms with van der Waals surface area (Å²) >= 11 is 0. The maximum absolute atomic E-state index is 13.1. The molecule has 6 heteroatoms. The molecule has 27 heavy (non-hydrogen) atoms. The van der Waals surface area contributed by atoms with Crippen molar-refractivity contribution in [1.29, 1.82) is 0 Å². The van der Waals surface area contributed by atoms with Crippen LogP contribution >= 0.6 is 0 Å². The van der Waals surface area contributed by atoms with Crippen LogP contribution in [0.2, 0.25) is 0 Å². The molecule has 0 unspecified atom stereocenters. The molecular weight excluding hydrogens is 345 g/mol. The van der Waals surface area contributed by atoms with Gasteiger partial charge in [-0.2, -0.15) is 5.10 Å². The van der Waals surface area contributed by atoms with Crippen molar-refractivity contribution in [3.63, 3.8) is 0 Å². The van der Waals surface area contributed by atoms with Gasteiger partial charge in [0.25, 0.3) is 5.56 Å². The number of halogens is 1. The van der Waals surface area contributed by atoms with Gasteiger partial charge < -0.3 is 4.90 Å². The molecule has 0 atom stereocenters. The Morgan fingerprint density at radius 1 is 1.04 bits per heavy atom. The van der Waals surface area contributed by atoms with Crippen LogP contribution < -0.4 is 5.56 Å². The van der Waals surface area contributed by atoms with Crippen molar-refractivity contribution in [2.75, 3.05) is 6.54 Å². The Hall–Kier alpha value is -3.28. The molecule has 1 heterocycles. The molecule has 0 N–H and O–H groups in total. The number of hydrogen-bond donors (Lipinski definition) is 0. The fraction of sp³-hybridized carbons (Fsp3) is 0.190. The van der Waals surface area contributed by atoms with Crippen molar-refractivity contribution in [3.8, 4) is 11.3 Å². The van der Waals surface area contributed by atoms with Gasteiger partial charge in [0.2, 0.25) is 5.91 Å². The quantitative estimate of drug-likeness (QED) is 0.674. The highest BCUT2D eigenvalue weighted by atomic mass is 19.1. The summed E-state index contributed by atoms with van der Waals surface area (Å²) in [6, 6.07) is 18.4. The molecule has 0 aliphatic rings. The van der Waals surface area contributed by atoms with Gasteiger partial charge >= 0.3 is 0 Å². The van der Waals surface area contributed by atoms with Gasteiger partial charge in [0.05, 0.1) is 5.69 Å². The van der Waals surface area contributed by atoms with Crippen LogP contribution in [0, 0.1) is 5.82 Å². The molecule has 138 valence electrons. The highest BCUT2D eigenvalue weighted by Gasteiger charge is 2.15. The molecule has 2 aromatic carbocycles. The lowest BCUT2D eigenvalue weighted by Crippen LogP contribution is -2.36. The van der Waals surface area contributed by atoms with E-state index >= 15 is 0 Å². The number of rotatable bonds is 6. The van der Waals surface area contributed by atoms with E-state index in [1.807, 2.05) is 37.3 Å². The lowest BCUT2D eigenvalue weighted by Gasteiger charge is -2.21. The van der Waals surface area contributed by atoms with Crippen LogP contribution in [0.5, 0.6) is 0 Å². The van der Waals surface area contributed by atoms with Crippen molar-refractivity contribution < 1.29 is 9.18 Å². The van der Waals surface area contributed by atoms with E-state index < -0.39 is 0 Å². The van der Waals surface area contributed by atoms with E-state index in [0.717, 1.165) is 10.2 Å². The second-order valence-corrected chi connectivity index (χ2v) is 6.11. The predicted molar refractivity (Wildman–Crippen MR) is 101 cm³/mol. The molecule has 3 aromatic rings. The predicted octanol–water partition coefficient (Wildman–Crippen LogP) is 3.10. The molecule has 0 spiro atoms. The van der Waals surface area contributed by atoms with Gasteiger partial charge in [-0.15, -0.1) is 0 Å². The Bertz CT molecular complexity index is 969. The number of likely N-dealkylation sites (N-methyl/N-ethyl adjacent to an activating group) is 1. The third-order valence-electron chi connectivity index (χ3n) is 4.24. The molecular formula is C21H20FN3O2. The fourth-order valence-corrected chi connectivity index (χ4v) is 2.75. The summed E-state index contributed by atoms with van der Waals surface area (Å²) in [7, 11) is 0. The minimum Gasteiger partial charge on any atom is -0.337 e. The van der Waals surface area contributed by atoms with E-state index in [4.69, 9.17) is 0 Å². The molecule has 3 rings (SSSR count). The van der Waals surface area contributed by atoms with Crippen LogP contribution in [0.15, 0.2) is 71.5 Å². The summed E-state index contributed by atoms with van der Waals surface area (Å²) in [6.45, 7) is 2.75. The highest BCUT2D eigenvalue weighted by Crippen LogP contribution is 2.15. The number of amides is 1. The molecule has 0 aliphatic carbocycles. The Balaban J connectivity index is 1.79. The normalized spacial score (nSPS) is 10.6. The number of benzene rings is 2. The Morgan fingerprint density at radius 2 is 1.74 bits per heavy atom. The summed E-state index contributed by atoms with van der Waals surface area (Å²) in [5.41, 5.74) is 1.85. The van der Waals surface area contributed by atoms with Gasteiger partial charge in [0, 0.05) is 24.7 Å². The zero-order chi connectivity index (χ0) is 19.2. The number of hydrogen-bond acceptors (Lipinski definition) is 3. The Morgan fingerprint density at radius 3 is 2.41 bits per heavy atom. The summed E-state index contributed by atoms with van der Waals surface area (Å²) in [5, 5.41) is 4.27. The number of aromatic nitrogens is 2. The third kappa shape index (κ3) is 4.67. The lowest BCUT2D eigenvalue weighted by molar-refractivity contribution is -0.132. The third-order valence-corrected chi connectivity index (χ3v) is 4.24. The lowest BCUT2D eigenvalue weighted by atomic mass is 10.1. The maximum atomic E-state index is 13.1. The number of carbonyl (C=O) groups excluding carboxylic acids is 1. The summed E-state index contributed by atoms with van der Waals surface area (Å²) in [6.07, 6.45) is 0. The van der Waals surface area contributed by atoms with Gasteiger partial charge in [-0.05, 0) is 42.8 Å². The Labute approximate surface area is 156 Å². The molecule has 0 saturated heterocycles. The average molecular weight is 365 g/mol.